The van der Waals surface area contributed by atoms with Gasteiger partial charge in [-0.05, 0) is 13.8 Å². The molecule has 1 rings (SSSR count). The minimum atomic E-state index is -2.39. The first-order valence-electron chi connectivity index (χ1n) is 5.69. The summed E-state index contributed by atoms with van der Waals surface area (Å²) >= 11 is 0. The van der Waals surface area contributed by atoms with Crippen molar-refractivity contribution < 1.29 is 13.5 Å². The lowest BCUT2D eigenvalue weighted by Crippen LogP contribution is -2.20. The molecule has 98 valence electrons. The van der Waals surface area contributed by atoms with Gasteiger partial charge in [0.25, 0.3) is 6.43 Å². The van der Waals surface area contributed by atoms with Gasteiger partial charge in [0.15, 0.2) is 0 Å². The van der Waals surface area contributed by atoms with Gasteiger partial charge in [-0.25, -0.2) is 8.78 Å². The van der Waals surface area contributed by atoms with Crippen LogP contribution in [0.4, 0.5) is 8.78 Å². The molecule has 1 aromatic heterocycles. The molecule has 0 aliphatic heterocycles. The third-order valence-corrected chi connectivity index (χ3v) is 2.18. The second kappa shape index (κ2) is 7.34. The van der Waals surface area contributed by atoms with Gasteiger partial charge in [0.1, 0.15) is 6.61 Å². The largest absolute Gasteiger partial charge is 0.374 e. The topological polar surface area (TPSA) is 39.1 Å². The van der Waals surface area contributed by atoms with Crippen LogP contribution in [0.25, 0.3) is 0 Å². The predicted octanol–water partition coefficient (Wildman–Crippen LogP) is 1.84. The first kappa shape index (κ1) is 14.1. The minimum absolute atomic E-state index is 0.294. The average molecular weight is 247 g/mol. The van der Waals surface area contributed by atoms with E-state index in [9.17, 15) is 8.78 Å². The molecule has 0 saturated carbocycles. The molecule has 0 aliphatic carbocycles. The lowest BCUT2D eigenvalue weighted by molar-refractivity contribution is 0.0187. The highest BCUT2D eigenvalue weighted by atomic mass is 19.3. The maximum Gasteiger partial charge on any atom is 0.261 e. The van der Waals surface area contributed by atoms with Gasteiger partial charge in [-0.1, -0.05) is 0 Å². The number of nitrogens with one attached hydrogen (secondary N) is 1. The Morgan fingerprint density at radius 2 is 2.24 bits per heavy atom. The van der Waals surface area contributed by atoms with E-state index in [0.29, 0.717) is 25.7 Å². The van der Waals surface area contributed by atoms with Crippen molar-refractivity contribution in [3.63, 3.8) is 0 Å². The fourth-order valence-electron chi connectivity index (χ4n) is 1.30. The number of hydrogen-bond acceptors (Lipinski definition) is 3. The quantitative estimate of drug-likeness (QED) is 0.712. The number of ether oxygens (including phenoxy) is 1. The van der Waals surface area contributed by atoms with E-state index in [1.54, 1.807) is 6.20 Å². The van der Waals surface area contributed by atoms with Crippen molar-refractivity contribution in [2.45, 2.75) is 32.9 Å². The molecule has 0 spiro atoms. The van der Waals surface area contributed by atoms with Crippen molar-refractivity contribution in [1.29, 1.82) is 0 Å². The van der Waals surface area contributed by atoms with E-state index in [2.05, 4.69) is 24.3 Å². The van der Waals surface area contributed by atoms with Crippen molar-refractivity contribution in [3.8, 4) is 0 Å². The lowest BCUT2D eigenvalue weighted by Gasteiger charge is -2.05. The molecule has 0 atom stereocenters. The van der Waals surface area contributed by atoms with E-state index in [1.165, 1.54) is 0 Å². The summed E-state index contributed by atoms with van der Waals surface area (Å²) in [5, 5.41) is 7.30. The second-order valence-corrected chi connectivity index (χ2v) is 4.07. The van der Waals surface area contributed by atoms with Crippen LogP contribution in [0.1, 0.15) is 25.5 Å². The molecular formula is C11H19F2N3O. The average Bonchev–Trinajstić information content (AvgIpc) is 2.71. The second-order valence-electron chi connectivity index (χ2n) is 4.07. The normalized spacial score (nSPS) is 11.6. The van der Waals surface area contributed by atoms with Crippen LogP contribution in [0.3, 0.4) is 0 Å². The molecule has 0 amide bonds. The summed E-state index contributed by atoms with van der Waals surface area (Å²) in [5.41, 5.74) is 1.08. The van der Waals surface area contributed by atoms with E-state index in [-0.39, 0.29) is 0 Å². The molecule has 6 heteroatoms. The van der Waals surface area contributed by atoms with Crippen LogP contribution in [0.5, 0.6) is 0 Å². The molecule has 1 aromatic rings. The van der Waals surface area contributed by atoms with Gasteiger partial charge < -0.3 is 10.1 Å². The van der Waals surface area contributed by atoms with E-state index >= 15 is 0 Å². The molecule has 0 unspecified atom stereocenters. The van der Waals surface area contributed by atoms with Crippen molar-refractivity contribution in [2.75, 3.05) is 19.8 Å². The smallest absolute Gasteiger partial charge is 0.261 e. The Hall–Kier alpha value is -1.01. The van der Waals surface area contributed by atoms with Crippen LogP contribution >= 0.6 is 0 Å². The molecule has 0 bridgehead atoms. The SMILES string of the molecule is CC(C)n1cc(CNCCOCC(F)F)cn1. The Labute approximate surface area is 100.0 Å². The first-order chi connectivity index (χ1) is 8.09. The Morgan fingerprint density at radius 3 is 2.82 bits per heavy atom. The van der Waals surface area contributed by atoms with Crippen molar-refractivity contribution in [3.05, 3.63) is 18.0 Å². The number of alkyl halides is 2. The summed E-state index contributed by atoms with van der Waals surface area (Å²) in [5.74, 6) is 0. The molecular weight excluding hydrogens is 228 g/mol. The summed E-state index contributed by atoms with van der Waals surface area (Å²) < 4.78 is 30.1. The van der Waals surface area contributed by atoms with E-state index in [1.807, 2.05) is 10.9 Å². The summed E-state index contributed by atoms with van der Waals surface area (Å²) in [6, 6.07) is 0.345. The maximum atomic E-state index is 11.7. The molecule has 17 heavy (non-hydrogen) atoms. The van der Waals surface area contributed by atoms with Gasteiger partial charge in [-0.3, -0.25) is 4.68 Å². The molecule has 0 radical (unpaired) electrons. The van der Waals surface area contributed by atoms with Gasteiger partial charge in [-0.2, -0.15) is 5.10 Å². The fourth-order valence-corrected chi connectivity index (χ4v) is 1.30. The molecule has 0 fully saturated rings. The van der Waals surface area contributed by atoms with Crippen LogP contribution in [-0.2, 0) is 11.3 Å². The van der Waals surface area contributed by atoms with Crippen LogP contribution in [-0.4, -0.2) is 36.0 Å². The highest BCUT2D eigenvalue weighted by molar-refractivity contribution is 5.03. The Morgan fingerprint density at radius 1 is 1.47 bits per heavy atom. The summed E-state index contributed by atoms with van der Waals surface area (Å²) in [4.78, 5) is 0. The Bertz CT molecular complexity index is 315. The molecule has 1 N–H and O–H groups in total. The van der Waals surface area contributed by atoms with Gasteiger partial charge in [0, 0.05) is 30.9 Å². The Balaban J connectivity index is 2.09. The number of nitrogens with zero attached hydrogens (tertiary/aromatic N) is 2. The van der Waals surface area contributed by atoms with Crippen LogP contribution in [0.15, 0.2) is 12.4 Å². The number of aromatic nitrogens is 2. The highest BCUT2D eigenvalue weighted by Crippen LogP contribution is 2.04. The molecule has 0 aliphatic rings. The van der Waals surface area contributed by atoms with Crippen molar-refractivity contribution in [2.24, 2.45) is 0 Å². The van der Waals surface area contributed by atoms with Gasteiger partial charge in [0.2, 0.25) is 0 Å². The molecule has 0 saturated heterocycles. The molecule has 1 heterocycles. The third-order valence-electron chi connectivity index (χ3n) is 2.18. The monoisotopic (exact) mass is 247 g/mol. The van der Waals surface area contributed by atoms with Gasteiger partial charge in [0.05, 0.1) is 12.8 Å². The van der Waals surface area contributed by atoms with Crippen molar-refractivity contribution in [1.82, 2.24) is 15.1 Å². The Kier molecular flexibility index (Phi) is 6.07. The van der Waals surface area contributed by atoms with Crippen molar-refractivity contribution >= 4 is 0 Å². The van der Waals surface area contributed by atoms with Crippen LogP contribution in [0, 0.1) is 0 Å². The predicted molar refractivity (Wildman–Crippen MR) is 61.1 cm³/mol. The summed E-state index contributed by atoms with van der Waals surface area (Å²) in [7, 11) is 0. The number of rotatable bonds is 8. The van der Waals surface area contributed by atoms with Crippen LogP contribution < -0.4 is 5.32 Å². The van der Waals surface area contributed by atoms with Gasteiger partial charge in [-0.15, -0.1) is 0 Å². The standard InChI is InChI=1S/C11H19F2N3O/c1-9(2)16-7-10(6-15-16)5-14-3-4-17-8-11(12)13/h6-7,9,11,14H,3-5,8H2,1-2H3. The zero-order valence-corrected chi connectivity index (χ0v) is 10.2. The summed E-state index contributed by atoms with van der Waals surface area (Å²) in [6.45, 7) is 5.14. The highest BCUT2D eigenvalue weighted by Gasteiger charge is 2.02. The van der Waals surface area contributed by atoms with E-state index < -0.39 is 13.0 Å². The van der Waals surface area contributed by atoms with Gasteiger partial charge >= 0.3 is 0 Å². The number of halogens is 2. The van der Waals surface area contributed by atoms with E-state index in [0.717, 1.165) is 5.56 Å². The maximum absolute atomic E-state index is 11.7. The molecule has 4 nitrogen and oxygen atoms in total. The van der Waals surface area contributed by atoms with Crippen LogP contribution in [0.2, 0.25) is 0 Å². The first-order valence-corrected chi connectivity index (χ1v) is 5.69. The third kappa shape index (κ3) is 5.74. The zero-order valence-electron chi connectivity index (χ0n) is 10.2. The fraction of sp³-hybridized carbons (Fsp3) is 0.727. The minimum Gasteiger partial charge on any atom is -0.374 e. The molecule has 0 aromatic carbocycles. The summed E-state index contributed by atoms with van der Waals surface area (Å²) in [6.07, 6.45) is 1.38. The van der Waals surface area contributed by atoms with E-state index in [4.69, 9.17) is 4.74 Å². The zero-order chi connectivity index (χ0) is 12.7. The lowest BCUT2D eigenvalue weighted by atomic mass is 10.3. The number of hydrogen-bond donors (Lipinski definition) is 1.